The van der Waals surface area contributed by atoms with Gasteiger partial charge >= 0.3 is 0 Å². The summed E-state index contributed by atoms with van der Waals surface area (Å²) in [4.78, 5) is 15.7. The minimum Gasteiger partial charge on any atom is -0.497 e. The number of para-hydroxylation sites is 1. The van der Waals surface area contributed by atoms with Gasteiger partial charge in [-0.1, -0.05) is 48.5 Å². The Balaban J connectivity index is 1.80. The van der Waals surface area contributed by atoms with Crippen LogP contribution in [0.3, 0.4) is 0 Å². The number of hydrogen-bond acceptors (Lipinski definition) is 4. The Hall–Kier alpha value is -3.80. The topological polar surface area (TPSA) is 77.4 Å². The fourth-order valence-electron chi connectivity index (χ4n) is 4.73. The number of H-pyrrole nitrogens is 1. The Morgan fingerprint density at radius 3 is 2.52 bits per heavy atom. The molecular formula is C25H22N2O4. The fraction of sp³-hybridized carbons (Fsp3) is 0.200. The van der Waals surface area contributed by atoms with Gasteiger partial charge in [0.2, 0.25) is 0 Å². The van der Waals surface area contributed by atoms with Crippen LogP contribution in [0, 0.1) is 17.0 Å². The highest BCUT2D eigenvalue weighted by molar-refractivity contribution is 5.86. The predicted molar refractivity (Wildman–Crippen MR) is 118 cm³/mol. The Kier molecular flexibility index (Phi) is 4.62. The number of hydrogen-bond donors (Lipinski definition) is 1. The van der Waals surface area contributed by atoms with E-state index in [2.05, 4.69) is 4.98 Å². The third-order valence-corrected chi connectivity index (χ3v) is 6.08. The van der Waals surface area contributed by atoms with Gasteiger partial charge in [0.15, 0.2) is 6.10 Å². The van der Waals surface area contributed by atoms with Crippen molar-refractivity contribution in [2.75, 3.05) is 7.11 Å². The largest absolute Gasteiger partial charge is 0.497 e. The molecule has 0 saturated heterocycles. The lowest BCUT2D eigenvalue weighted by molar-refractivity contribution is -0.538. The molecule has 6 nitrogen and oxygen atoms in total. The maximum atomic E-state index is 12.5. The smallest absolute Gasteiger partial charge is 0.264 e. The first-order valence-corrected chi connectivity index (χ1v) is 10.2. The summed E-state index contributed by atoms with van der Waals surface area (Å²) in [7, 11) is 1.59. The zero-order valence-electron chi connectivity index (χ0n) is 17.2. The van der Waals surface area contributed by atoms with Gasteiger partial charge < -0.3 is 14.5 Å². The van der Waals surface area contributed by atoms with Gasteiger partial charge in [-0.25, -0.2) is 0 Å². The highest BCUT2D eigenvalue weighted by Crippen LogP contribution is 2.49. The summed E-state index contributed by atoms with van der Waals surface area (Å²) in [5.74, 6) is 0.780. The van der Waals surface area contributed by atoms with Crippen LogP contribution in [0.5, 0.6) is 11.5 Å². The number of ether oxygens (including phenoxy) is 2. The molecule has 3 atom stereocenters. The van der Waals surface area contributed by atoms with E-state index in [-0.39, 0.29) is 4.92 Å². The van der Waals surface area contributed by atoms with Crippen molar-refractivity contribution in [1.29, 1.82) is 0 Å². The molecule has 0 amide bonds. The third-order valence-electron chi connectivity index (χ3n) is 6.08. The molecule has 0 fully saturated rings. The van der Waals surface area contributed by atoms with Crippen LogP contribution in [0.4, 0.5) is 0 Å². The molecule has 3 aromatic carbocycles. The molecule has 4 aromatic rings. The summed E-state index contributed by atoms with van der Waals surface area (Å²) in [5, 5.41) is 13.5. The van der Waals surface area contributed by atoms with Crippen molar-refractivity contribution in [3.8, 4) is 11.5 Å². The molecule has 1 aromatic heterocycles. The molecule has 0 spiro atoms. The van der Waals surface area contributed by atoms with Crippen molar-refractivity contribution in [2.24, 2.45) is 0 Å². The first kappa shape index (κ1) is 19.2. The number of nitro groups is 1. The number of nitrogens with zero attached hydrogens (tertiary/aromatic N) is 1. The molecule has 0 radical (unpaired) electrons. The molecule has 0 saturated carbocycles. The Labute approximate surface area is 179 Å². The first-order valence-electron chi connectivity index (χ1n) is 10.2. The molecule has 1 aliphatic rings. The summed E-state index contributed by atoms with van der Waals surface area (Å²) >= 11 is 0. The molecule has 1 aliphatic heterocycles. The highest BCUT2D eigenvalue weighted by Gasteiger charge is 2.49. The van der Waals surface area contributed by atoms with E-state index in [1.54, 1.807) is 7.11 Å². The van der Waals surface area contributed by atoms with Crippen LogP contribution < -0.4 is 9.47 Å². The molecule has 0 aliphatic carbocycles. The molecule has 156 valence electrons. The van der Waals surface area contributed by atoms with Gasteiger partial charge in [-0.3, -0.25) is 10.1 Å². The Bertz CT molecular complexity index is 1270. The van der Waals surface area contributed by atoms with Gasteiger partial charge in [0.1, 0.15) is 11.5 Å². The molecule has 0 unspecified atom stereocenters. The standard InChI is InChI=1S/C25H22N2O4/c1-15-22(18-10-6-7-11-20(18)26-15)23-19-14-17(30-2)12-13-21(19)31-25(24(23)27(28)29)16-8-4-3-5-9-16/h3-14,23-26H,1-2H3/t23-,24-,25-/m0/s1. The van der Waals surface area contributed by atoms with E-state index in [1.165, 1.54) is 0 Å². The predicted octanol–water partition coefficient (Wildman–Crippen LogP) is 5.40. The minimum atomic E-state index is -1.00. The Morgan fingerprint density at radius 1 is 1.03 bits per heavy atom. The van der Waals surface area contributed by atoms with Gasteiger partial charge in [-0.15, -0.1) is 0 Å². The van der Waals surface area contributed by atoms with Crippen LogP contribution in [0.2, 0.25) is 0 Å². The van der Waals surface area contributed by atoms with E-state index in [4.69, 9.17) is 9.47 Å². The number of aryl methyl sites for hydroxylation is 1. The summed E-state index contributed by atoms with van der Waals surface area (Å²) < 4.78 is 11.7. The van der Waals surface area contributed by atoms with E-state index in [9.17, 15) is 10.1 Å². The van der Waals surface area contributed by atoms with Crippen LogP contribution in [-0.4, -0.2) is 23.1 Å². The summed E-state index contributed by atoms with van der Waals surface area (Å²) in [6.45, 7) is 1.97. The van der Waals surface area contributed by atoms with Crippen LogP contribution in [0.15, 0.2) is 72.8 Å². The van der Waals surface area contributed by atoms with Crippen LogP contribution >= 0.6 is 0 Å². The maximum absolute atomic E-state index is 12.5. The summed E-state index contributed by atoms with van der Waals surface area (Å²) in [6.07, 6.45) is -0.713. The maximum Gasteiger partial charge on any atom is 0.264 e. The molecule has 6 heteroatoms. The fourth-order valence-corrected chi connectivity index (χ4v) is 4.73. The summed E-state index contributed by atoms with van der Waals surface area (Å²) in [5.41, 5.74) is 4.36. The van der Waals surface area contributed by atoms with Gasteiger partial charge in [0.25, 0.3) is 6.04 Å². The molecule has 31 heavy (non-hydrogen) atoms. The zero-order valence-corrected chi connectivity index (χ0v) is 17.2. The number of nitrogens with one attached hydrogen (secondary N) is 1. The van der Waals surface area contributed by atoms with Crippen molar-refractivity contribution in [2.45, 2.75) is 25.0 Å². The second-order valence-electron chi connectivity index (χ2n) is 7.82. The first-order chi connectivity index (χ1) is 15.1. The van der Waals surface area contributed by atoms with E-state index >= 15 is 0 Å². The van der Waals surface area contributed by atoms with Crippen molar-refractivity contribution in [1.82, 2.24) is 4.98 Å². The number of methoxy groups -OCH3 is 1. The molecule has 5 rings (SSSR count). The average Bonchev–Trinajstić information content (AvgIpc) is 3.13. The lowest BCUT2D eigenvalue weighted by Crippen LogP contribution is -2.41. The van der Waals surface area contributed by atoms with E-state index in [0.717, 1.165) is 33.3 Å². The SMILES string of the molecule is COc1ccc2c(c1)[C@@H](c1c(C)[nH]c3ccccc13)[C@H]([N+](=O)[O-])[C@H](c1ccccc1)O2. The van der Waals surface area contributed by atoms with Crippen molar-refractivity contribution >= 4 is 10.9 Å². The second kappa shape index (κ2) is 7.47. The number of aromatic amines is 1. The van der Waals surface area contributed by atoms with Gasteiger partial charge in [0.05, 0.1) is 13.0 Å². The highest BCUT2D eigenvalue weighted by atomic mass is 16.6. The number of aromatic nitrogens is 1. The van der Waals surface area contributed by atoms with E-state index in [1.807, 2.05) is 79.7 Å². The Morgan fingerprint density at radius 2 is 1.77 bits per heavy atom. The lowest BCUT2D eigenvalue weighted by atomic mass is 9.77. The third kappa shape index (κ3) is 3.11. The van der Waals surface area contributed by atoms with E-state index < -0.39 is 18.1 Å². The second-order valence-corrected chi connectivity index (χ2v) is 7.82. The summed E-state index contributed by atoms with van der Waals surface area (Å²) in [6, 6.07) is 21.9. The quantitative estimate of drug-likeness (QED) is 0.358. The number of benzene rings is 3. The van der Waals surface area contributed by atoms with Crippen LogP contribution in [0.25, 0.3) is 10.9 Å². The molecule has 0 bridgehead atoms. The van der Waals surface area contributed by atoms with Gasteiger partial charge in [-0.2, -0.15) is 0 Å². The van der Waals surface area contributed by atoms with Crippen molar-refractivity contribution in [3.63, 3.8) is 0 Å². The van der Waals surface area contributed by atoms with Gasteiger partial charge in [0, 0.05) is 27.1 Å². The van der Waals surface area contributed by atoms with Crippen molar-refractivity contribution in [3.05, 3.63) is 105 Å². The molecular weight excluding hydrogens is 392 g/mol. The van der Waals surface area contributed by atoms with Crippen LogP contribution in [0.1, 0.15) is 34.4 Å². The average molecular weight is 414 g/mol. The zero-order chi connectivity index (χ0) is 21.5. The van der Waals surface area contributed by atoms with Crippen molar-refractivity contribution < 1.29 is 14.4 Å². The number of rotatable bonds is 4. The monoisotopic (exact) mass is 414 g/mol. The molecule has 2 heterocycles. The lowest BCUT2D eigenvalue weighted by Gasteiger charge is -2.35. The normalized spacial score (nSPS) is 20.1. The minimum absolute atomic E-state index is 0.202. The van der Waals surface area contributed by atoms with Crippen LogP contribution in [-0.2, 0) is 0 Å². The van der Waals surface area contributed by atoms with E-state index in [0.29, 0.717) is 11.5 Å². The molecule has 1 N–H and O–H groups in total. The van der Waals surface area contributed by atoms with Gasteiger partial charge in [-0.05, 0) is 42.3 Å². The number of fused-ring (bicyclic) bond motifs is 2.